The number of carbonyl (C=O) groups is 2. The van der Waals surface area contributed by atoms with Crippen LogP contribution in [0.2, 0.25) is 0 Å². The lowest BCUT2D eigenvalue weighted by atomic mass is 9.95. The number of fused-ring (bicyclic) bond motifs is 1. The van der Waals surface area contributed by atoms with Crippen LogP contribution in [0.3, 0.4) is 0 Å². The minimum Gasteiger partial charge on any atom is -0.507 e. The molecule has 33 heavy (non-hydrogen) atoms. The fraction of sp³-hybridized carbons (Fsp3) is 0.154. The van der Waals surface area contributed by atoms with E-state index >= 15 is 0 Å². The summed E-state index contributed by atoms with van der Waals surface area (Å²) in [5.74, 6) is 0.180. The predicted octanol–water partition coefficient (Wildman–Crippen LogP) is 4.05. The van der Waals surface area contributed by atoms with Crippen molar-refractivity contribution in [2.75, 3.05) is 13.9 Å². The number of ether oxygens (including phenoxy) is 3. The van der Waals surface area contributed by atoms with Gasteiger partial charge in [0.05, 0.1) is 18.7 Å². The van der Waals surface area contributed by atoms with Crippen LogP contribution in [0.25, 0.3) is 5.76 Å². The Morgan fingerprint density at radius 1 is 1.00 bits per heavy atom. The fourth-order valence-electron chi connectivity index (χ4n) is 4.19. The van der Waals surface area contributed by atoms with Gasteiger partial charge in [0.2, 0.25) is 6.79 Å². The van der Waals surface area contributed by atoms with E-state index in [1.54, 1.807) is 61.7 Å². The Morgan fingerprint density at radius 3 is 2.58 bits per heavy atom. The molecule has 5 rings (SSSR count). The molecule has 0 radical (unpaired) electrons. The largest absolute Gasteiger partial charge is 0.507 e. The van der Waals surface area contributed by atoms with Gasteiger partial charge in [0.15, 0.2) is 11.5 Å². The number of likely N-dealkylation sites (tertiary alicyclic amines) is 1. The molecule has 166 valence electrons. The molecule has 2 heterocycles. The minimum atomic E-state index is -0.786. The lowest BCUT2D eigenvalue weighted by Crippen LogP contribution is -2.29. The number of methoxy groups -OCH3 is 1. The summed E-state index contributed by atoms with van der Waals surface area (Å²) in [5.41, 5.74) is 1.94. The molecule has 3 aromatic rings. The monoisotopic (exact) mass is 443 g/mol. The van der Waals surface area contributed by atoms with Crippen molar-refractivity contribution in [2.24, 2.45) is 0 Å². The first-order valence-electron chi connectivity index (χ1n) is 10.4. The highest BCUT2D eigenvalue weighted by atomic mass is 16.7. The third kappa shape index (κ3) is 3.67. The van der Waals surface area contributed by atoms with E-state index in [1.807, 2.05) is 18.2 Å². The Hall–Kier alpha value is -4.26. The second kappa shape index (κ2) is 8.35. The van der Waals surface area contributed by atoms with Crippen LogP contribution in [-0.4, -0.2) is 35.6 Å². The van der Waals surface area contributed by atoms with Crippen molar-refractivity contribution in [3.05, 3.63) is 95.1 Å². The van der Waals surface area contributed by atoms with E-state index in [9.17, 15) is 14.7 Å². The van der Waals surface area contributed by atoms with Crippen LogP contribution in [0.4, 0.5) is 0 Å². The van der Waals surface area contributed by atoms with Crippen molar-refractivity contribution in [1.29, 1.82) is 0 Å². The zero-order chi connectivity index (χ0) is 22.9. The van der Waals surface area contributed by atoms with Crippen LogP contribution in [0, 0.1) is 0 Å². The van der Waals surface area contributed by atoms with Crippen molar-refractivity contribution in [3.8, 4) is 17.2 Å². The number of Topliss-reactive ketones (excluding diaryl/α,β-unsaturated/α-hetero) is 1. The van der Waals surface area contributed by atoms with Gasteiger partial charge in [-0.1, -0.05) is 48.5 Å². The van der Waals surface area contributed by atoms with E-state index in [2.05, 4.69) is 0 Å². The summed E-state index contributed by atoms with van der Waals surface area (Å²) in [6, 6.07) is 20.5. The topological polar surface area (TPSA) is 85.3 Å². The Labute approximate surface area is 190 Å². The molecule has 2 aliphatic heterocycles. The van der Waals surface area contributed by atoms with Crippen LogP contribution >= 0.6 is 0 Å². The number of carbonyl (C=O) groups excluding carboxylic acids is 2. The zero-order valence-corrected chi connectivity index (χ0v) is 17.9. The summed E-state index contributed by atoms with van der Waals surface area (Å²) in [7, 11) is 1.55. The average molecular weight is 443 g/mol. The van der Waals surface area contributed by atoms with Gasteiger partial charge < -0.3 is 24.2 Å². The molecule has 0 saturated carbocycles. The first-order chi connectivity index (χ1) is 16.1. The second-order valence-electron chi connectivity index (χ2n) is 7.76. The van der Waals surface area contributed by atoms with Gasteiger partial charge in [0, 0.05) is 12.1 Å². The normalized spacial score (nSPS) is 18.6. The second-order valence-corrected chi connectivity index (χ2v) is 7.76. The standard InChI is InChI=1S/C26H21NO6/c1-31-19-9-5-8-18(13-19)23-22(24(28)17-6-3-2-4-7-17)25(29)26(30)27(23)14-16-10-11-20-21(12-16)33-15-32-20/h2-13,23,28H,14-15H2,1H3/b24-22+. The Bertz CT molecular complexity index is 1270. The van der Waals surface area contributed by atoms with Gasteiger partial charge in [-0.15, -0.1) is 0 Å². The number of aliphatic hydroxyl groups is 1. The van der Waals surface area contributed by atoms with E-state index in [-0.39, 0.29) is 24.7 Å². The highest BCUT2D eigenvalue weighted by Gasteiger charge is 2.46. The number of nitrogens with zero attached hydrogens (tertiary/aromatic N) is 1. The number of hydrogen-bond acceptors (Lipinski definition) is 6. The SMILES string of the molecule is COc1cccc(C2/C(=C(\O)c3ccccc3)C(=O)C(=O)N2Cc2ccc3c(c2)OCO3)c1. The van der Waals surface area contributed by atoms with Crippen molar-refractivity contribution in [3.63, 3.8) is 0 Å². The number of ketones is 1. The Morgan fingerprint density at radius 2 is 1.79 bits per heavy atom. The zero-order valence-electron chi connectivity index (χ0n) is 17.9. The molecule has 0 bridgehead atoms. The summed E-state index contributed by atoms with van der Waals surface area (Å²) < 4.78 is 16.2. The molecule has 0 aromatic heterocycles. The molecule has 1 saturated heterocycles. The smallest absolute Gasteiger partial charge is 0.295 e. The lowest BCUT2D eigenvalue weighted by Gasteiger charge is -2.26. The molecule has 1 fully saturated rings. The summed E-state index contributed by atoms with van der Waals surface area (Å²) in [4.78, 5) is 27.8. The molecule has 0 spiro atoms. The number of rotatable bonds is 5. The van der Waals surface area contributed by atoms with E-state index in [0.717, 1.165) is 5.56 Å². The molecule has 7 heteroatoms. The molecular formula is C26H21NO6. The van der Waals surface area contributed by atoms with Crippen molar-refractivity contribution >= 4 is 17.4 Å². The minimum absolute atomic E-state index is 0.0418. The van der Waals surface area contributed by atoms with Crippen LogP contribution in [0.15, 0.2) is 78.4 Å². The van der Waals surface area contributed by atoms with Gasteiger partial charge in [-0.25, -0.2) is 0 Å². The van der Waals surface area contributed by atoms with Crippen molar-refractivity contribution in [1.82, 2.24) is 4.90 Å². The maximum atomic E-state index is 13.2. The molecule has 1 atom stereocenters. The Kier molecular flexibility index (Phi) is 5.22. The van der Waals surface area contributed by atoms with Gasteiger partial charge in [-0.2, -0.15) is 0 Å². The Balaban J connectivity index is 1.62. The summed E-state index contributed by atoms with van der Waals surface area (Å²) in [6.07, 6.45) is 0. The quantitative estimate of drug-likeness (QED) is 0.364. The van der Waals surface area contributed by atoms with E-state index in [4.69, 9.17) is 14.2 Å². The first-order valence-corrected chi connectivity index (χ1v) is 10.4. The number of benzene rings is 3. The maximum absolute atomic E-state index is 13.2. The molecule has 2 aliphatic rings. The number of amides is 1. The van der Waals surface area contributed by atoms with Gasteiger partial charge in [0.1, 0.15) is 11.5 Å². The highest BCUT2D eigenvalue weighted by Crippen LogP contribution is 2.42. The third-order valence-corrected chi connectivity index (χ3v) is 5.79. The fourth-order valence-corrected chi connectivity index (χ4v) is 4.19. The molecule has 0 aliphatic carbocycles. The molecule has 7 nitrogen and oxygen atoms in total. The number of aliphatic hydroxyl groups excluding tert-OH is 1. The lowest BCUT2D eigenvalue weighted by molar-refractivity contribution is -0.140. The van der Waals surface area contributed by atoms with Crippen LogP contribution in [0.1, 0.15) is 22.7 Å². The van der Waals surface area contributed by atoms with E-state index < -0.39 is 17.7 Å². The highest BCUT2D eigenvalue weighted by molar-refractivity contribution is 6.46. The van der Waals surface area contributed by atoms with Crippen LogP contribution in [0.5, 0.6) is 17.2 Å². The molecule has 1 N–H and O–H groups in total. The molecule has 1 amide bonds. The van der Waals surface area contributed by atoms with Crippen molar-refractivity contribution < 1.29 is 28.9 Å². The average Bonchev–Trinajstić information content (AvgIpc) is 3.42. The summed E-state index contributed by atoms with van der Waals surface area (Å²) >= 11 is 0. The maximum Gasteiger partial charge on any atom is 0.295 e. The van der Waals surface area contributed by atoms with Gasteiger partial charge in [-0.3, -0.25) is 9.59 Å². The predicted molar refractivity (Wildman–Crippen MR) is 120 cm³/mol. The van der Waals surface area contributed by atoms with Crippen LogP contribution in [-0.2, 0) is 16.1 Å². The van der Waals surface area contributed by atoms with E-state index in [0.29, 0.717) is 28.4 Å². The van der Waals surface area contributed by atoms with Gasteiger partial charge in [-0.05, 0) is 35.4 Å². The number of hydrogen-bond donors (Lipinski definition) is 1. The summed E-state index contributed by atoms with van der Waals surface area (Å²) in [6.45, 7) is 0.291. The molecule has 1 unspecified atom stereocenters. The van der Waals surface area contributed by atoms with Gasteiger partial charge >= 0.3 is 0 Å². The molecule has 3 aromatic carbocycles. The molecular weight excluding hydrogens is 422 g/mol. The first kappa shape index (κ1) is 20.6. The van der Waals surface area contributed by atoms with Crippen LogP contribution < -0.4 is 14.2 Å². The van der Waals surface area contributed by atoms with E-state index in [1.165, 1.54) is 4.90 Å². The summed E-state index contributed by atoms with van der Waals surface area (Å²) in [5, 5.41) is 11.1. The third-order valence-electron chi connectivity index (χ3n) is 5.79. The van der Waals surface area contributed by atoms with Crippen molar-refractivity contribution in [2.45, 2.75) is 12.6 Å². The van der Waals surface area contributed by atoms with Gasteiger partial charge in [0.25, 0.3) is 11.7 Å².